The van der Waals surface area contributed by atoms with E-state index in [0.717, 1.165) is 42.8 Å². The predicted molar refractivity (Wildman–Crippen MR) is 64.9 cm³/mol. The number of nitrogens with zero attached hydrogens (tertiary/aromatic N) is 1. The van der Waals surface area contributed by atoms with Gasteiger partial charge in [0.15, 0.2) is 5.78 Å². The van der Waals surface area contributed by atoms with Gasteiger partial charge in [0.2, 0.25) is 5.91 Å². The van der Waals surface area contributed by atoms with Crippen molar-refractivity contribution in [1.82, 2.24) is 4.57 Å². The summed E-state index contributed by atoms with van der Waals surface area (Å²) in [6, 6.07) is 1.97. The Morgan fingerprint density at radius 1 is 1.47 bits per heavy atom. The smallest absolute Gasteiger partial charge is 0.217 e. The fourth-order valence-electron chi connectivity index (χ4n) is 2.51. The lowest BCUT2D eigenvalue weighted by Gasteiger charge is -2.15. The zero-order valence-corrected chi connectivity index (χ0v) is 10.2. The highest BCUT2D eigenvalue weighted by molar-refractivity contribution is 5.98. The maximum Gasteiger partial charge on any atom is 0.217 e. The first-order valence-electron chi connectivity index (χ1n) is 6.10. The minimum Gasteiger partial charge on any atom is -0.370 e. The average Bonchev–Trinajstić information content (AvgIpc) is 2.57. The summed E-state index contributed by atoms with van der Waals surface area (Å²) >= 11 is 0. The van der Waals surface area contributed by atoms with E-state index < -0.39 is 0 Å². The molecule has 1 aliphatic carbocycles. The number of carbonyl (C=O) groups is 2. The van der Waals surface area contributed by atoms with Crippen LogP contribution >= 0.6 is 0 Å². The second-order valence-corrected chi connectivity index (χ2v) is 4.64. The van der Waals surface area contributed by atoms with E-state index >= 15 is 0 Å². The molecule has 0 atom stereocenters. The molecule has 0 aromatic carbocycles. The molecule has 4 heteroatoms. The Morgan fingerprint density at radius 2 is 2.24 bits per heavy atom. The zero-order chi connectivity index (χ0) is 12.4. The molecule has 0 saturated carbocycles. The first-order chi connectivity index (χ1) is 8.09. The fraction of sp³-hybridized carbons (Fsp3) is 0.538. The fourth-order valence-corrected chi connectivity index (χ4v) is 2.51. The van der Waals surface area contributed by atoms with Gasteiger partial charge in [-0.15, -0.1) is 0 Å². The van der Waals surface area contributed by atoms with E-state index in [1.54, 1.807) is 0 Å². The number of amides is 1. The van der Waals surface area contributed by atoms with Crippen LogP contribution < -0.4 is 5.73 Å². The normalized spacial score (nSPS) is 14.8. The van der Waals surface area contributed by atoms with E-state index in [1.165, 1.54) is 0 Å². The van der Waals surface area contributed by atoms with E-state index in [4.69, 9.17) is 5.73 Å². The molecule has 0 radical (unpaired) electrons. The number of rotatable bonds is 4. The molecule has 17 heavy (non-hydrogen) atoms. The Morgan fingerprint density at radius 3 is 2.94 bits per heavy atom. The molecule has 0 fully saturated rings. The van der Waals surface area contributed by atoms with Crippen LogP contribution in [0, 0.1) is 6.92 Å². The first-order valence-corrected chi connectivity index (χ1v) is 6.10. The van der Waals surface area contributed by atoms with Crippen LogP contribution in [0.1, 0.15) is 47.4 Å². The van der Waals surface area contributed by atoms with E-state index in [9.17, 15) is 9.59 Å². The van der Waals surface area contributed by atoms with Crippen LogP contribution in [0.25, 0.3) is 0 Å². The Labute approximate surface area is 101 Å². The Kier molecular flexibility index (Phi) is 3.31. The van der Waals surface area contributed by atoms with Gasteiger partial charge >= 0.3 is 0 Å². The second-order valence-electron chi connectivity index (χ2n) is 4.64. The van der Waals surface area contributed by atoms with Crippen molar-refractivity contribution in [3.63, 3.8) is 0 Å². The molecule has 2 rings (SSSR count). The number of fused-ring (bicyclic) bond motifs is 1. The van der Waals surface area contributed by atoms with Gasteiger partial charge in [-0.05, 0) is 32.3 Å². The molecule has 0 unspecified atom stereocenters. The number of Topliss-reactive ketones (excluding diaryl/α,β-unsaturated/α-hetero) is 1. The monoisotopic (exact) mass is 234 g/mol. The highest BCUT2D eigenvalue weighted by atomic mass is 16.1. The van der Waals surface area contributed by atoms with Gasteiger partial charge in [-0.3, -0.25) is 9.59 Å². The first kappa shape index (κ1) is 11.9. The molecular weight excluding hydrogens is 216 g/mol. The van der Waals surface area contributed by atoms with Crippen LogP contribution in [0.5, 0.6) is 0 Å². The Bertz CT molecular complexity index is 460. The van der Waals surface area contributed by atoms with Gasteiger partial charge in [0.25, 0.3) is 0 Å². The third kappa shape index (κ3) is 2.40. The van der Waals surface area contributed by atoms with Gasteiger partial charge in [-0.25, -0.2) is 0 Å². The third-order valence-electron chi connectivity index (χ3n) is 3.34. The maximum atomic E-state index is 11.7. The summed E-state index contributed by atoms with van der Waals surface area (Å²) in [6.45, 7) is 2.78. The van der Waals surface area contributed by atoms with E-state index in [1.807, 2.05) is 13.0 Å². The topological polar surface area (TPSA) is 65.1 Å². The molecule has 4 nitrogen and oxygen atoms in total. The molecule has 0 saturated heterocycles. The number of aryl methyl sites for hydroxylation is 1. The summed E-state index contributed by atoms with van der Waals surface area (Å²) < 4.78 is 2.16. The zero-order valence-electron chi connectivity index (χ0n) is 10.2. The number of nitrogens with two attached hydrogens (primary N) is 1. The van der Waals surface area contributed by atoms with Crippen LogP contribution in [0.15, 0.2) is 6.07 Å². The summed E-state index contributed by atoms with van der Waals surface area (Å²) in [5, 5.41) is 0. The number of carbonyl (C=O) groups excluding carboxylic acids is 2. The minimum atomic E-state index is -0.264. The predicted octanol–water partition coefficient (Wildman–Crippen LogP) is 1.58. The van der Waals surface area contributed by atoms with E-state index in [2.05, 4.69) is 4.57 Å². The standard InChI is InChI=1S/C13H18N2O2/c1-9-8-10-11(4-2-5-12(10)16)15(9)7-3-6-13(14)17/h8H,2-7H2,1H3,(H2,14,17). The molecule has 1 aromatic heterocycles. The molecule has 1 amide bonds. The minimum absolute atomic E-state index is 0.253. The number of ketones is 1. The van der Waals surface area contributed by atoms with Crippen molar-refractivity contribution in [1.29, 1.82) is 0 Å². The van der Waals surface area contributed by atoms with Crippen molar-refractivity contribution in [2.45, 2.75) is 45.6 Å². The van der Waals surface area contributed by atoms with Crippen molar-refractivity contribution in [2.75, 3.05) is 0 Å². The molecule has 1 aromatic rings. The van der Waals surface area contributed by atoms with Gasteiger partial charge < -0.3 is 10.3 Å². The number of aromatic nitrogens is 1. The summed E-state index contributed by atoms with van der Waals surface area (Å²) in [6.07, 6.45) is 3.71. The molecule has 1 aliphatic rings. The molecule has 0 spiro atoms. The number of primary amides is 1. The van der Waals surface area contributed by atoms with Crippen molar-refractivity contribution in [3.8, 4) is 0 Å². The van der Waals surface area contributed by atoms with Gasteiger partial charge in [-0.1, -0.05) is 0 Å². The summed E-state index contributed by atoms with van der Waals surface area (Å²) in [5.41, 5.74) is 8.26. The van der Waals surface area contributed by atoms with Crippen LogP contribution in [-0.4, -0.2) is 16.3 Å². The number of hydrogen-bond acceptors (Lipinski definition) is 2. The van der Waals surface area contributed by atoms with Gasteiger partial charge in [-0.2, -0.15) is 0 Å². The SMILES string of the molecule is Cc1cc2c(n1CCCC(N)=O)CCCC2=O. The lowest BCUT2D eigenvalue weighted by atomic mass is 9.96. The third-order valence-corrected chi connectivity index (χ3v) is 3.34. The highest BCUT2D eigenvalue weighted by Gasteiger charge is 2.22. The summed E-state index contributed by atoms with van der Waals surface area (Å²) in [5.74, 6) is -0.0113. The largest absolute Gasteiger partial charge is 0.370 e. The van der Waals surface area contributed by atoms with Crippen molar-refractivity contribution >= 4 is 11.7 Å². The molecule has 0 aliphatic heterocycles. The van der Waals surface area contributed by atoms with Crippen LogP contribution in [0.3, 0.4) is 0 Å². The van der Waals surface area contributed by atoms with Gasteiger partial charge in [0.1, 0.15) is 0 Å². The second kappa shape index (κ2) is 4.73. The van der Waals surface area contributed by atoms with E-state index in [0.29, 0.717) is 12.8 Å². The summed E-state index contributed by atoms with van der Waals surface area (Å²) in [4.78, 5) is 22.5. The maximum absolute atomic E-state index is 11.7. The van der Waals surface area contributed by atoms with Gasteiger partial charge in [0.05, 0.1) is 0 Å². The summed E-state index contributed by atoms with van der Waals surface area (Å²) in [7, 11) is 0. The molecule has 0 bridgehead atoms. The van der Waals surface area contributed by atoms with Crippen molar-refractivity contribution in [2.24, 2.45) is 5.73 Å². The molecule has 1 heterocycles. The quantitative estimate of drug-likeness (QED) is 0.859. The van der Waals surface area contributed by atoms with Gasteiger partial charge in [0, 0.05) is 36.3 Å². The molecule has 2 N–H and O–H groups in total. The Balaban J connectivity index is 2.17. The van der Waals surface area contributed by atoms with Crippen LogP contribution in [0.4, 0.5) is 0 Å². The van der Waals surface area contributed by atoms with Crippen LogP contribution in [-0.2, 0) is 17.8 Å². The molecule has 92 valence electrons. The molecular formula is C13H18N2O2. The lowest BCUT2D eigenvalue weighted by molar-refractivity contribution is -0.118. The Hall–Kier alpha value is -1.58. The van der Waals surface area contributed by atoms with E-state index in [-0.39, 0.29) is 11.7 Å². The van der Waals surface area contributed by atoms with Crippen molar-refractivity contribution in [3.05, 3.63) is 23.0 Å². The average molecular weight is 234 g/mol. The van der Waals surface area contributed by atoms with Crippen LogP contribution in [0.2, 0.25) is 0 Å². The highest BCUT2D eigenvalue weighted by Crippen LogP contribution is 2.25. The lowest BCUT2D eigenvalue weighted by Crippen LogP contribution is -2.15. The number of hydrogen-bond donors (Lipinski definition) is 1. The van der Waals surface area contributed by atoms with Crippen molar-refractivity contribution < 1.29 is 9.59 Å².